The van der Waals surface area contributed by atoms with E-state index in [1.807, 2.05) is 0 Å². The van der Waals surface area contributed by atoms with Gasteiger partial charge in [0, 0.05) is 6.04 Å². The molecule has 0 aliphatic heterocycles. The van der Waals surface area contributed by atoms with E-state index in [1.165, 1.54) is 83.5 Å². The Bertz CT molecular complexity index is 190. The van der Waals surface area contributed by atoms with Crippen molar-refractivity contribution in [1.82, 2.24) is 5.32 Å². The number of rotatable bonds is 2. The first-order valence-electron chi connectivity index (χ1n) is 9.06. The van der Waals surface area contributed by atoms with Crippen molar-refractivity contribution in [3.05, 3.63) is 0 Å². The third-order valence-electron chi connectivity index (χ3n) is 4.74. The highest BCUT2D eigenvalue weighted by Crippen LogP contribution is 2.20. The summed E-state index contributed by atoms with van der Waals surface area (Å²) in [5.74, 6) is 0.967. The van der Waals surface area contributed by atoms with E-state index in [1.54, 1.807) is 0 Å². The lowest BCUT2D eigenvalue weighted by Crippen LogP contribution is -2.28. The van der Waals surface area contributed by atoms with Gasteiger partial charge in [-0.15, -0.1) is 0 Å². The molecule has 1 heteroatoms. The van der Waals surface area contributed by atoms with Gasteiger partial charge in [-0.2, -0.15) is 0 Å². The fraction of sp³-hybridized carbons (Fsp3) is 1.00. The molecule has 0 aromatic heterocycles. The topological polar surface area (TPSA) is 12.0 Å². The molecule has 0 aromatic rings. The van der Waals surface area contributed by atoms with E-state index < -0.39 is 0 Å². The largest absolute Gasteiger partial charge is 0.314 e. The van der Waals surface area contributed by atoms with Crippen LogP contribution in [0, 0.1) is 5.92 Å². The first kappa shape index (κ1) is 17.0. The van der Waals surface area contributed by atoms with Crippen LogP contribution < -0.4 is 5.32 Å². The molecule has 19 heavy (non-hydrogen) atoms. The summed E-state index contributed by atoms with van der Waals surface area (Å²) < 4.78 is 0. The highest BCUT2D eigenvalue weighted by atomic mass is 14.9. The molecule has 0 aromatic carbocycles. The Hall–Kier alpha value is -0.0400. The van der Waals surface area contributed by atoms with Crippen LogP contribution in [0.4, 0.5) is 0 Å². The Labute approximate surface area is 121 Å². The van der Waals surface area contributed by atoms with Gasteiger partial charge in [0.15, 0.2) is 0 Å². The summed E-state index contributed by atoms with van der Waals surface area (Å²) in [4.78, 5) is 0. The van der Waals surface area contributed by atoms with E-state index in [2.05, 4.69) is 19.2 Å². The van der Waals surface area contributed by atoms with E-state index in [9.17, 15) is 0 Å². The third-order valence-corrected chi connectivity index (χ3v) is 4.74. The van der Waals surface area contributed by atoms with E-state index in [0.717, 1.165) is 18.5 Å². The first-order chi connectivity index (χ1) is 9.33. The van der Waals surface area contributed by atoms with Crippen molar-refractivity contribution in [2.24, 2.45) is 5.92 Å². The van der Waals surface area contributed by atoms with Crippen molar-refractivity contribution >= 4 is 0 Å². The van der Waals surface area contributed by atoms with Crippen LogP contribution in [0.15, 0.2) is 0 Å². The number of nitrogens with one attached hydrogen (secondary N) is 1. The molecule has 0 heterocycles. The molecular weight excluding hydrogens is 230 g/mol. The van der Waals surface area contributed by atoms with E-state index >= 15 is 0 Å². The van der Waals surface area contributed by atoms with Crippen molar-refractivity contribution in [3.8, 4) is 0 Å². The van der Waals surface area contributed by atoms with Gasteiger partial charge in [0.05, 0.1) is 0 Å². The molecule has 1 aliphatic rings. The van der Waals surface area contributed by atoms with Crippen LogP contribution in [0.3, 0.4) is 0 Å². The molecule has 0 bridgehead atoms. The SMILES string of the molecule is CCNC1CCCCCCCCC(C)CCCCC1. The van der Waals surface area contributed by atoms with Gasteiger partial charge in [0.2, 0.25) is 0 Å². The van der Waals surface area contributed by atoms with Gasteiger partial charge < -0.3 is 5.32 Å². The summed E-state index contributed by atoms with van der Waals surface area (Å²) in [6, 6.07) is 0.799. The van der Waals surface area contributed by atoms with Crippen LogP contribution in [0.1, 0.15) is 97.3 Å². The average molecular weight is 268 g/mol. The van der Waals surface area contributed by atoms with Gasteiger partial charge in [-0.25, -0.2) is 0 Å². The maximum Gasteiger partial charge on any atom is 0.00669 e. The second-order valence-electron chi connectivity index (χ2n) is 6.70. The molecular formula is C18H37N. The van der Waals surface area contributed by atoms with Crippen molar-refractivity contribution in [2.75, 3.05) is 6.54 Å². The maximum atomic E-state index is 3.69. The highest BCUT2D eigenvalue weighted by molar-refractivity contribution is 4.67. The van der Waals surface area contributed by atoms with Gasteiger partial charge in [-0.3, -0.25) is 0 Å². The Kier molecular flexibility index (Phi) is 10.5. The maximum absolute atomic E-state index is 3.69. The van der Waals surface area contributed by atoms with Crippen molar-refractivity contribution in [3.63, 3.8) is 0 Å². The van der Waals surface area contributed by atoms with Crippen LogP contribution in [-0.2, 0) is 0 Å². The standard InChI is InChI=1S/C18H37N/c1-3-19-18-15-11-7-5-4-6-9-13-17(2)14-10-8-12-16-18/h17-19H,3-16H2,1-2H3. The Balaban J connectivity index is 2.27. The summed E-state index contributed by atoms with van der Waals surface area (Å²) in [5.41, 5.74) is 0. The number of hydrogen-bond donors (Lipinski definition) is 1. The van der Waals surface area contributed by atoms with E-state index in [-0.39, 0.29) is 0 Å². The molecule has 114 valence electrons. The molecule has 0 amide bonds. The van der Waals surface area contributed by atoms with Crippen LogP contribution in [0.5, 0.6) is 0 Å². The summed E-state index contributed by atoms with van der Waals surface area (Å²) in [6.45, 7) is 5.85. The Morgan fingerprint density at radius 3 is 1.63 bits per heavy atom. The first-order valence-corrected chi connectivity index (χ1v) is 9.06. The lowest BCUT2D eigenvalue weighted by Gasteiger charge is -2.17. The monoisotopic (exact) mass is 267 g/mol. The Morgan fingerprint density at radius 2 is 1.11 bits per heavy atom. The van der Waals surface area contributed by atoms with Gasteiger partial charge in [0.25, 0.3) is 0 Å². The van der Waals surface area contributed by atoms with Gasteiger partial charge in [-0.05, 0) is 25.3 Å². The molecule has 1 rings (SSSR count). The van der Waals surface area contributed by atoms with Crippen molar-refractivity contribution in [1.29, 1.82) is 0 Å². The zero-order valence-corrected chi connectivity index (χ0v) is 13.6. The molecule has 1 N–H and O–H groups in total. The molecule has 0 saturated heterocycles. The minimum atomic E-state index is 0.799. The second kappa shape index (κ2) is 11.8. The smallest absolute Gasteiger partial charge is 0.00669 e. The van der Waals surface area contributed by atoms with Crippen molar-refractivity contribution in [2.45, 2.75) is 103 Å². The second-order valence-corrected chi connectivity index (χ2v) is 6.70. The van der Waals surface area contributed by atoms with E-state index in [4.69, 9.17) is 0 Å². The zero-order valence-electron chi connectivity index (χ0n) is 13.6. The molecule has 1 saturated carbocycles. The minimum Gasteiger partial charge on any atom is -0.314 e. The molecule has 1 nitrogen and oxygen atoms in total. The van der Waals surface area contributed by atoms with Crippen LogP contribution in [0.25, 0.3) is 0 Å². The summed E-state index contributed by atoms with van der Waals surface area (Å²) in [5, 5.41) is 3.69. The van der Waals surface area contributed by atoms with Crippen LogP contribution in [-0.4, -0.2) is 12.6 Å². The van der Waals surface area contributed by atoms with Crippen LogP contribution in [0.2, 0.25) is 0 Å². The van der Waals surface area contributed by atoms with Gasteiger partial charge in [0.1, 0.15) is 0 Å². The van der Waals surface area contributed by atoms with Crippen LogP contribution >= 0.6 is 0 Å². The lowest BCUT2D eigenvalue weighted by atomic mass is 9.96. The molecule has 1 fully saturated rings. The zero-order chi connectivity index (χ0) is 13.8. The molecule has 2 unspecified atom stereocenters. The minimum absolute atomic E-state index is 0.799. The lowest BCUT2D eigenvalue weighted by molar-refractivity contribution is 0.412. The fourth-order valence-electron chi connectivity index (χ4n) is 3.43. The van der Waals surface area contributed by atoms with Crippen molar-refractivity contribution < 1.29 is 0 Å². The Morgan fingerprint density at radius 1 is 0.684 bits per heavy atom. The third kappa shape index (κ3) is 9.49. The summed E-state index contributed by atoms with van der Waals surface area (Å²) >= 11 is 0. The number of hydrogen-bond acceptors (Lipinski definition) is 1. The normalized spacial score (nSPS) is 29.4. The van der Waals surface area contributed by atoms with Gasteiger partial charge in [-0.1, -0.05) is 84.5 Å². The molecule has 1 aliphatic carbocycles. The van der Waals surface area contributed by atoms with E-state index in [0.29, 0.717) is 0 Å². The average Bonchev–Trinajstić information content (AvgIpc) is 2.41. The summed E-state index contributed by atoms with van der Waals surface area (Å²) in [7, 11) is 0. The highest BCUT2D eigenvalue weighted by Gasteiger charge is 2.08. The fourth-order valence-corrected chi connectivity index (χ4v) is 3.43. The van der Waals surface area contributed by atoms with Gasteiger partial charge >= 0.3 is 0 Å². The molecule has 0 spiro atoms. The predicted octanol–water partition coefficient (Wildman–Crippen LogP) is 5.69. The quantitative estimate of drug-likeness (QED) is 0.678. The molecule has 2 atom stereocenters. The molecule has 0 radical (unpaired) electrons. The predicted molar refractivity (Wildman–Crippen MR) is 86.6 cm³/mol. The summed E-state index contributed by atoms with van der Waals surface area (Å²) in [6.07, 6.45) is 18.9.